The second-order valence-electron chi connectivity index (χ2n) is 8.22. The number of carbonyl (C=O) groups excluding carboxylic acids is 2. The lowest BCUT2D eigenvalue weighted by Gasteiger charge is -2.32. The fraction of sp³-hybridized carbons (Fsp3) is 0.259. The molecule has 0 unspecified atom stereocenters. The summed E-state index contributed by atoms with van der Waals surface area (Å²) in [6, 6.07) is 21.0. The average molecular weight is 589 g/mol. The minimum Gasteiger partial charge on any atom is -0.495 e. The molecule has 0 heterocycles. The normalized spacial score (nSPS) is 11.9. The van der Waals surface area contributed by atoms with Crippen molar-refractivity contribution < 1.29 is 22.7 Å². The zero-order valence-corrected chi connectivity index (χ0v) is 23.3. The van der Waals surface area contributed by atoms with Crippen LogP contribution in [0.1, 0.15) is 19.4 Å². The van der Waals surface area contributed by atoms with E-state index in [1.54, 1.807) is 56.3 Å². The van der Waals surface area contributed by atoms with Crippen molar-refractivity contribution in [2.45, 2.75) is 31.3 Å². The molecule has 0 saturated heterocycles. The van der Waals surface area contributed by atoms with E-state index in [1.165, 1.54) is 24.1 Å². The van der Waals surface area contributed by atoms with E-state index in [4.69, 9.17) is 4.74 Å². The van der Waals surface area contributed by atoms with Crippen LogP contribution in [0.25, 0.3) is 0 Å². The second-order valence-corrected chi connectivity index (χ2v) is 11.0. The van der Waals surface area contributed by atoms with Crippen LogP contribution in [0.4, 0.5) is 5.69 Å². The number of sulfonamides is 1. The molecular formula is C27H30BrN3O5S. The summed E-state index contributed by atoms with van der Waals surface area (Å²) in [4.78, 5) is 28.0. The van der Waals surface area contributed by atoms with Crippen molar-refractivity contribution in [3.63, 3.8) is 0 Å². The van der Waals surface area contributed by atoms with Crippen LogP contribution in [0.2, 0.25) is 0 Å². The summed E-state index contributed by atoms with van der Waals surface area (Å²) in [5.74, 6) is -0.574. The molecule has 0 aliphatic carbocycles. The highest BCUT2D eigenvalue weighted by Crippen LogP contribution is 2.32. The Bertz CT molecular complexity index is 1330. The number of rotatable bonds is 11. The Balaban J connectivity index is 2.06. The van der Waals surface area contributed by atoms with Crippen LogP contribution in [0.5, 0.6) is 5.75 Å². The zero-order valence-electron chi connectivity index (χ0n) is 20.9. The Hall–Kier alpha value is -3.37. The van der Waals surface area contributed by atoms with E-state index in [2.05, 4.69) is 21.2 Å². The van der Waals surface area contributed by atoms with Gasteiger partial charge in [0.05, 0.1) is 17.7 Å². The molecule has 0 fully saturated rings. The van der Waals surface area contributed by atoms with Crippen molar-refractivity contribution in [3.05, 3.63) is 88.9 Å². The fourth-order valence-electron chi connectivity index (χ4n) is 3.81. The Morgan fingerprint density at radius 3 is 2.32 bits per heavy atom. The van der Waals surface area contributed by atoms with Gasteiger partial charge in [-0.2, -0.15) is 0 Å². The van der Waals surface area contributed by atoms with Crippen molar-refractivity contribution in [1.82, 2.24) is 10.2 Å². The van der Waals surface area contributed by atoms with Crippen molar-refractivity contribution in [1.29, 1.82) is 0 Å². The van der Waals surface area contributed by atoms with Crippen molar-refractivity contribution in [2.75, 3.05) is 24.5 Å². The van der Waals surface area contributed by atoms with Gasteiger partial charge in [-0.25, -0.2) is 8.42 Å². The zero-order chi connectivity index (χ0) is 27.0. The summed E-state index contributed by atoms with van der Waals surface area (Å²) in [5, 5.41) is 2.74. The number of amides is 2. The lowest BCUT2D eigenvalue weighted by Crippen LogP contribution is -2.51. The number of hydrogen-bond acceptors (Lipinski definition) is 5. The van der Waals surface area contributed by atoms with E-state index in [1.807, 2.05) is 24.3 Å². The minimum atomic E-state index is -4.15. The van der Waals surface area contributed by atoms with Crippen LogP contribution in [0.3, 0.4) is 0 Å². The number of hydrogen-bond donors (Lipinski definition) is 1. The number of methoxy groups -OCH3 is 1. The Morgan fingerprint density at radius 1 is 1.00 bits per heavy atom. The highest BCUT2D eigenvalue weighted by atomic mass is 79.9. The molecule has 1 N–H and O–H groups in total. The maximum absolute atomic E-state index is 13.8. The maximum Gasteiger partial charge on any atom is 0.264 e. The summed E-state index contributed by atoms with van der Waals surface area (Å²) in [7, 11) is -2.72. The second kappa shape index (κ2) is 12.7. The monoisotopic (exact) mass is 587 g/mol. The number of likely N-dealkylation sites (N-methyl/N-ethyl adjacent to an activating group) is 1. The van der Waals surface area contributed by atoms with Gasteiger partial charge >= 0.3 is 0 Å². The van der Waals surface area contributed by atoms with Crippen LogP contribution < -0.4 is 14.4 Å². The largest absolute Gasteiger partial charge is 0.495 e. The van der Waals surface area contributed by atoms with Crippen LogP contribution in [0.15, 0.2) is 88.2 Å². The van der Waals surface area contributed by atoms with E-state index in [9.17, 15) is 18.0 Å². The lowest BCUT2D eigenvalue weighted by molar-refractivity contribution is -0.139. The number of nitrogens with one attached hydrogen (secondary N) is 1. The smallest absolute Gasteiger partial charge is 0.264 e. The topological polar surface area (TPSA) is 96.0 Å². The van der Waals surface area contributed by atoms with Crippen LogP contribution in [0, 0.1) is 0 Å². The third-order valence-corrected chi connectivity index (χ3v) is 7.99. The number of para-hydroxylation sites is 2. The summed E-state index contributed by atoms with van der Waals surface area (Å²) in [6.45, 7) is 3.40. The molecule has 37 heavy (non-hydrogen) atoms. The highest BCUT2D eigenvalue weighted by molar-refractivity contribution is 9.10. The number of nitrogens with zero attached hydrogens (tertiary/aromatic N) is 2. The van der Waals surface area contributed by atoms with Gasteiger partial charge in [-0.3, -0.25) is 13.9 Å². The number of carbonyl (C=O) groups is 2. The molecule has 3 aromatic rings. The van der Waals surface area contributed by atoms with Gasteiger partial charge in [-0.15, -0.1) is 0 Å². The SMILES string of the molecule is CCNC(=O)[C@H](C)N(Cc1cccc(Br)c1)C(=O)CN(c1ccccc1OC)S(=O)(=O)c1ccccc1. The minimum absolute atomic E-state index is 0.0315. The highest BCUT2D eigenvalue weighted by Gasteiger charge is 2.33. The third-order valence-electron chi connectivity index (χ3n) is 5.72. The van der Waals surface area contributed by atoms with E-state index in [0.717, 1.165) is 14.3 Å². The number of benzene rings is 3. The molecule has 1 atom stereocenters. The molecule has 8 nitrogen and oxygen atoms in total. The van der Waals surface area contributed by atoms with Crippen LogP contribution >= 0.6 is 15.9 Å². The van der Waals surface area contributed by atoms with Gasteiger partial charge < -0.3 is 15.0 Å². The first kappa shape index (κ1) is 28.2. The third kappa shape index (κ3) is 6.90. The molecule has 0 aliphatic rings. The van der Waals surface area contributed by atoms with Gasteiger partial charge in [0, 0.05) is 17.6 Å². The molecule has 0 aromatic heterocycles. The van der Waals surface area contributed by atoms with E-state index < -0.39 is 28.5 Å². The van der Waals surface area contributed by atoms with Crippen molar-refractivity contribution in [2.24, 2.45) is 0 Å². The van der Waals surface area contributed by atoms with Crippen LogP contribution in [-0.4, -0.2) is 51.4 Å². The van der Waals surface area contributed by atoms with E-state index >= 15 is 0 Å². The van der Waals surface area contributed by atoms with Gasteiger partial charge in [-0.1, -0.05) is 58.4 Å². The molecule has 3 aromatic carbocycles. The van der Waals surface area contributed by atoms with Gasteiger partial charge in [0.15, 0.2) is 0 Å². The molecule has 0 saturated carbocycles. The van der Waals surface area contributed by atoms with E-state index in [0.29, 0.717) is 12.3 Å². The molecule has 196 valence electrons. The Kier molecular flexibility index (Phi) is 9.71. The van der Waals surface area contributed by atoms with Crippen molar-refractivity contribution >= 4 is 43.5 Å². The van der Waals surface area contributed by atoms with Gasteiger partial charge in [-0.05, 0) is 55.8 Å². The van der Waals surface area contributed by atoms with Crippen LogP contribution in [-0.2, 0) is 26.2 Å². The molecule has 0 bridgehead atoms. The van der Waals surface area contributed by atoms with Crippen molar-refractivity contribution in [3.8, 4) is 5.75 Å². The maximum atomic E-state index is 13.8. The quantitative estimate of drug-likeness (QED) is 0.362. The fourth-order valence-corrected chi connectivity index (χ4v) is 5.70. The Morgan fingerprint density at radius 2 is 1.68 bits per heavy atom. The first-order valence-electron chi connectivity index (χ1n) is 11.7. The number of halogens is 1. The molecule has 3 rings (SSSR count). The molecule has 0 radical (unpaired) electrons. The van der Waals surface area contributed by atoms with E-state index in [-0.39, 0.29) is 23.0 Å². The average Bonchev–Trinajstić information content (AvgIpc) is 2.90. The van der Waals surface area contributed by atoms with Gasteiger partial charge in [0.25, 0.3) is 10.0 Å². The molecule has 0 aliphatic heterocycles. The summed E-state index contributed by atoms with van der Waals surface area (Å²) < 4.78 is 34.8. The number of ether oxygens (including phenoxy) is 1. The predicted molar refractivity (Wildman–Crippen MR) is 147 cm³/mol. The summed E-state index contributed by atoms with van der Waals surface area (Å²) >= 11 is 3.43. The summed E-state index contributed by atoms with van der Waals surface area (Å²) in [5.41, 5.74) is 1.00. The van der Waals surface area contributed by atoms with Gasteiger partial charge in [0.1, 0.15) is 18.3 Å². The molecule has 10 heteroatoms. The summed E-state index contributed by atoms with van der Waals surface area (Å²) in [6.07, 6.45) is 0. The molecule has 0 spiro atoms. The first-order valence-corrected chi connectivity index (χ1v) is 13.9. The number of anilines is 1. The molecule has 2 amide bonds. The standard InChI is InChI=1S/C27H30BrN3O5S/c1-4-29-27(33)20(2)30(18-21-11-10-12-22(28)17-21)26(32)19-31(24-15-8-9-16-25(24)36-3)37(34,35)23-13-6-5-7-14-23/h5-17,20H,4,18-19H2,1-3H3,(H,29,33)/t20-/m0/s1. The first-order chi connectivity index (χ1) is 17.7. The molecular weight excluding hydrogens is 558 g/mol. The predicted octanol–water partition coefficient (Wildman–Crippen LogP) is 4.21. The van der Waals surface area contributed by atoms with Gasteiger partial charge in [0.2, 0.25) is 11.8 Å². The lowest BCUT2D eigenvalue weighted by atomic mass is 10.1. The Labute approximate surface area is 226 Å².